The van der Waals surface area contributed by atoms with Gasteiger partial charge in [0.25, 0.3) is 5.56 Å². The Hall–Kier alpha value is -4.05. The highest BCUT2D eigenvalue weighted by molar-refractivity contribution is 6.30. The molecule has 2 heterocycles. The molecule has 10 nitrogen and oxygen atoms in total. The number of amides is 1. The van der Waals surface area contributed by atoms with Crippen molar-refractivity contribution in [2.45, 2.75) is 20.0 Å². The molecular weight excluding hydrogens is 436 g/mol. The maximum Gasteiger partial charge on any atom is 0.352 e. The molecule has 0 saturated heterocycles. The monoisotopic (exact) mass is 452 g/mol. The molecule has 0 radical (unpaired) electrons. The number of hydrogen-bond donors (Lipinski definition) is 1. The van der Waals surface area contributed by atoms with Crippen LogP contribution in [0.15, 0.2) is 68.7 Å². The first-order chi connectivity index (χ1) is 15.5. The molecule has 0 saturated carbocycles. The average Bonchev–Trinajstić information content (AvgIpc) is 3.29. The van der Waals surface area contributed by atoms with E-state index in [4.69, 9.17) is 16.1 Å². The van der Waals surface area contributed by atoms with Crippen molar-refractivity contribution < 1.29 is 9.32 Å². The molecule has 4 aromatic rings. The SMILES string of the molecule is CCn1c(=O)c(-c2noc(C(=O)NCc3cccc(Cl)c3)n2)nn(-c2ccccc2)c1=O. The fraction of sp³-hybridized carbons (Fsp3) is 0.143. The highest BCUT2D eigenvalue weighted by Crippen LogP contribution is 2.12. The van der Waals surface area contributed by atoms with Gasteiger partial charge in [-0.1, -0.05) is 47.1 Å². The molecule has 0 aliphatic rings. The van der Waals surface area contributed by atoms with Crippen LogP contribution in [-0.2, 0) is 13.1 Å². The van der Waals surface area contributed by atoms with E-state index in [0.717, 1.165) is 14.8 Å². The first-order valence-electron chi connectivity index (χ1n) is 9.64. The first-order valence-corrected chi connectivity index (χ1v) is 10.0. The van der Waals surface area contributed by atoms with Crippen LogP contribution < -0.4 is 16.6 Å². The molecule has 0 aliphatic heterocycles. The van der Waals surface area contributed by atoms with Gasteiger partial charge in [0.15, 0.2) is 5.69 Å². The summed E-state index contributed by atoms with van der Waals surface area (Å²) in [5.74, 6) is -1.17. The summed E-state index contributed by atoms with van der Waals surface area (Å²) in [4.78, 5) is 41.9. The van der Waals surface area contributed by atoms with Gasteiger partial charge in [0, 0.05) is 18.1 Å². The molecule has 0 atom stereocenters. The van der Waals surface area contributed by atoms with E-state index in [1.165, 1.54) is 0 Å². The molecule has 4 rings (SSSR count). The Labute approximate surface area is 186 Å². The van der Waals surface area contributed by atoms with Gasteiger partial charge in [-0.05, 0) is 36.8 Å². The van der Waals surface area contributed by atoms with E-state index in [9.17, 15) is 14.4 Å². The number of nitrogens with zero attached hydrogens (tertiary/aromatic N) is 5. The fourth-order valence-corrected chi connectivity index (χ4v) is 3.20. The summed E-state index contributed by atoms with van der Waals surface area (Å²) < 4.78 is 7.11. The predicted octanol–water partition coefficient (Wildman–Crippen LogP) is 2.05. The number of para-hydroxylation sites is 1. The second kappa shape index (κ2) is 8.98. The van der Waals surface area contributed by atoms with Crippen LogP contribution in [0.5, 0.6) is 0 Å². The maximum absolute atomic E-state index is 12.8. The number of carbonyl (C=O) groups excluding carboxylic acids is 1. The maximum atomic E-state index is 12.8. The summed E-state index contributed by atoms with van der Waals surface area (Å²) in [5, 5.41) is 11.0. The van der Waals surface area contributed by atoms with Gasteiger partial charge in [0.2, 0.25) is 5.82 Å². The Morgan fingerprint density at radius 1 is 1.12 bits per heavy atom. The zero-order chi connectivity index (χ0) is 22.7. The van der Waals surface area contributed by atoms with Crippen LogP contribution in [0.1, 0.15) is 23.2 Å². The summed E-state index contributed by atoms with van der Waals surface area (Å²) in [7, 11) is 0. The quantitative estimate of drug-likeness (QED) is 0.474. The molecule has 11 heteroatoms. The molecule has 0 aliphatic carbocycles. The summed E-state index contributed by atoms with van der Waals surface area (Å²) in [6.07, 6.45) is 0. The van der Waals surface area contributed by atoms with E-state index in [0.29, 0.717) is 10.7 Å². The van der Waals surface area contributed by atoms with Gasteiger partial charge in [-0.15, -0.1) is 0 Å². The highest BCUT2D eigenvalue weighted by atomic mass is 35.5. The molecule has 0 spiro atoms. The van der Waals surface area contributed by atoms with E-state index in [1.54, 1.807) is 61.5 Å². The zero-order valence-electron chi connectivity index (χ0n) is 16.9. The van der Waals surface area contributed by atoms with Crippen LogP contribution >= 0.6 is 11.6 Å². The number of hydrogen-bond acceptors (Lipinski definition) is 7. The fourth-order valence-electron chi connectivity index (χ4n) is 2.99. The smallest absolute Gasteiger partial charge is 0.344 e. The molecule has 2 aromatic carbocycles. The van der Waals surface area contributed by atoms with Gasteiger partial charge in [0.1, 0.15) is 0 Å². The molecule has 0 bridgehead atoms. The minimum Gasteiger partial charge on any atom is -0.344 e. The van der Waals surface area contributed by atoms with E-state index in [1.807, 2.05) is 0 Å². The minimum atomic E-state index is -0.684. The number of halogens is 1. The lowest BCUT2D eigenvalue weighted by Gasteiger charge is -2.09. The third kappa shape index (κ3) is 4.21. The second-order valence-electron chi connectivity index (χ2n) is 6.66. The molecule has 1 amide bonds. The van der Waals surface area contributed by atoms with Gasteiger partial charge in [0.05, 0.1) is 5.69 Å². The van der Waals surface area contributed by atoms with Crippen LogP contribution in [0.25, 0.3) is 17.2 Å². The topological polar surface area (TPSA) is 125 Å². The lowest BCUT2D eigenvalue weighted by atomic mass is 10.2. The lowest BCUT2D eigenvalue weighted by molar-refractivity contribution is 0.0907. The molecular formula is C21H17ClN6O4. The molecule has 0 unspecified atom stereocenters. The van der Waals surface area contributed by atoms with E-state index in [2.05, 4.69) is 20.6 Å². The van der Waals surface area contributed by atoms with E-state index < -0.39 is 17.2 Å². The van der Waals surface area contributed by atoms with Crippen molar-refractivity contribution in [1.82, 2.24) is 29.8 Å². The largest absolute Gasteiger partial charge is 0.352 e. The number of nitrogens with one attached hydrogen (secondary N) is 1. The van der Waals surface area contributed by atoms with Gasteiger partial charge >= 0.3 is 17.5 Å². The average molecular weight is 453 g/mol. The van der Waals surface area contributed by atoms with Crippen LogP contribution in [0.3, 0.4) is 0 Å². The third-order valence-electron chi connectivity index (χ3n) is 4.55. The summed E-state index contributed by atoms with van der Waals surface area (Å²) >= 11 is 5.94. The number of rotatable bonds is 6. The van der Waals surface area contributed by atoms with Gasteiger partial charge in [-0.25, -0.2) is 4.79 Å². The zero-order valence-corrected chi connectivity index (χ0v) is 17.6. The highest BCUT2D eigenvalue weighted by Gasteiger charge is 2.22. The van der Waals surface area contributed by atoms with Gasteiger partial charge in [-0.3, -0.25) is 14.2 Å². The normalized spacial score (nSPS) is 10.8. The lowest BCUT2D eigenvalue weighted by Crippen LogP contribution is -2.41. The molecule has 2 aromatic heterocycles. The summed E-state index contributed by atoms with van der Waals surface area (Å²) in [6, 6.07) is 15.6. The number of aromatic nitrogens is 5. The van der Waals surface area contributed by atoms with Crippen LogP contribution in [0.2, 0.25) is 5.02 Å². The van der Waals surface area contributed by atoms with Crippen molar-refractivity contribution in [2.75, 3.05) is 0 Å². The Bertz CT molecular complexity index is 1390. The Morgan fingerprint density at radius 3 is 2.62 bits per heavy atom. The summed E-state index contributed by atoms with van der Waals surface area (Å²) in [6.45, 7) is 1.97. The van der Waals surface area contributed by atoms with Crippen molar-refractivity contribution in [3.8, 4) is 17.2 Å². The molecule has 162 valence electrons. The van der Waals surface area contributed by atoms with Crippen LogP contribution in [0, 0.1) is 0 Å². The van der Waals surface area contributed by atoms with E-state index in [-0.39, 0.29) is 30.5 Å². The molecule has 0 fully saturated rings. The van der Waals surface area contributed by atoms with Crippen LogP contribution in [0.4, 0.5) is 0 Å². The third-order valence-corrected chi connectivity index (χ3v) is 4.79. The second-order valence-corrected chi connectivity index (χ2v) is 7.10. The predicted molar refractivity (Wildman–Crippen MR) is 116 cm³/mol. The van der Waals surface area contributed by atoms with Crippen molar-refractivity contribution in [2.24, 2.45) is 0 Å². The summed E-state index contributed by atoms with van der Waals surface area (Å²) in [5.41, 5.74) is -0.253. The van der Waals surface area contributed by atoms with Crippen molar-refractivity contribution >= 4 is 17.5 Å². The van der Waals surface area contributed by atoms with Crippen LogP contribution in [-0.4, -0.2) is 30.4 Å². The van der Waals surface area contributed by atoms with Gasteiger partial charge < -0.3 is 9.84 Å². The minimum absolute atomic E-state index is 0.116. The Morgan fingerprint density at radius 2 is 1.91 bits per heavy atom. The molecule has 32 heavy (non-hydrogen) atoms. The number of benzene rings is 2. The number of carbonyl (C=O) groups is 1. The van der Waals surface area contributed by atoms with Crippen molar-refractivity contribution in [3.05, 3.63) is 91.9 Å². The Kier molecular flexibility index (Phi) is 5.95. The first kappa shape index (κ1) is 21.2. The van der Waals surface area contributed by atoms with Crippen molar-refractivity contribution in [3.63, 3.8) is 0 Å². The Balaban J connectivity index is 1.65. The standard InChI is InChI=1S/C21H17ClN6O4/c1-2-27-20(30)16(25-28(21(27)31)15-9-4-3-5-10-15)17-24-19(32-26-17)18(29)23-12-13-7-6-8-14(22)11-13/h3-11H,2,12H2,1H3,(H,23,29). The van der Waals surface area contributed by atoms with E-state index >= 15 is 0 Å². The van der Waals surface area contributed by atoms with Crippen molar-refractivity contribution in [1.29, 1.82) is 0 Å². The molecule has 1 N–H and O–H groups in total. The van der Waals surface area contributed by atoms with Gasteiger partial charge in [-0.2, -0.15) is 14.8 Å².